The van der Waals surface area contributed by atoms with Gasteiger partial charge in [-0.15, -0.1) is 0 Å². The molecule has 4 nitrogen and oxygen atoms in total. The highest BCUT2D eigenvalue weighted by atomic mass is 16.5. The van der Waals surface area contributed by atoms with Crippen molar-refractivity contribution in [2.75, 3.05) is 20.2 Å². The number of likely N-dealkylation sites (tertiary alicyclic amines) is 1. The molecule has 0 radical (unpaired) electrons. The van der Waals surface area contributed by atoms with Gasteiger partial charge in [0.05, 0.1) is 18.8 Å². The number of ether oxygens (including phenoxy) is 1. The van der Waals surface area contributed by atoms with Crippen molar-refractivity contribution in [2.24, 2.45) is 5.92 Å². The van der Waals surface area contributed by atoms with Crippen LogP contribution in [0.15, 0.2) is 24.4 Å². The summed E-state index contributed by atoms with van der Waals surface area (Å²) in [6.45, 7) is 6.94. The zero-order valence-electron chi connectivity index (χ0n) is 12.5. The van der Waals surface area contributed by atoms with Gasteiger partial charge >= 0.3 is 0 Å². The predicted molar refractivity (Wildman–Crippen MR) is 80.3 cm³/mol. The normalized spacial score (nSPS) is 20.1. The third-order valence-corrected chi connectivity index (χ3v) is 4.32. The van der Waals surface area contributed by atoms with Gasteiger partial charge in [-0.05, 0) is 44.9 Å². The molecule has 0 saturated carbocycles. The Bertz CT molecular complexity index is 590. The molecule has 0 spiro atoms. The summed E-state index contributed by atoms with van der Waals surface area (Å²) in [5, 5.41) is 0. The number of methoxy groups -OCH3 is 1. The van der Waals surface area contributed by atoms with E-state index in [2.05, 4.69) is 34.2 Å². The molecular weight excluding hydrogens is 250 g/mol. The van der Waals surface area contributed by atoms with E-state index in [0.29, 0.717) is 12.0 Å². The Morgan fingerprint density at radius 1 is 1.40 bits per heavy atom. The molecule has 2 aromatic rings. The Kier molecular flexibility index (Phi) is 3.66. The minimum absolute atomic E-state index is 0.645. The molecule has 1 saturated heterocycles. The van der Waals surface area contributed by atoms with Gasteiger partial charge in [-0.2, -0.15) is 0 Å². The molecule has 0 aromatic carbocycles. The summed E-state index contributed by atoms with van der Waals surface area (Å²) < 4.78 is 7.60. The van der Waals surface area contributed by atoms with Crippen LogP contribution in [0.3, 0.4) is 0 Å². The van der Waals surface area contributed by atoms with Gasteiger partial charge in [0.1, 0.15) is 5.82 Å². The van der Waals surface area contributed by atoms with E-state index in [0.717, 1.165) is 23.6 Å². The van der Waals surface area contributed by atoms with E-state index in [-0.39, 0.29) is 0 Å². The fraction of sp³-hybridized carbons (Fsp3) is 0.562. The van der Waals surface area contributed by atoms with Gasteiger partial charge in [0.25, 0.3) is 0 Å². The van der Waals surface area contributed by atoms with Crippen LogP contribution in [0, 0.1) is 5.92 Å². The van der Waals surface area contributed by atoms with E-state index in [4.69, 9.17) is 4.74 Å². The Morgan fingerprint density at radius 2 is 2.25 bits per heavy atom. The number of rotatable bonds is 4. The van der Waals surface area contributed by atoms with E-state index in [1.165, 1.54) is 19.5 Å². The highest BCUT2D eigenvalue weighted by Crippen LogP contribution is 2.24. The fourth-order valence-corrected chi connectivity index (χ4v) is 3.14. The maximum absolute atomic E-state index is 5.46. The average molecular weight is 273 g/mol. The molecule has 1 aliphatic heterocycles. The topological polar surface area (TPSA) is 29.8 Å². The van der Waals surface area contributed by atoms with E-state index in [1.54, 1.807) is 7.11 Å². The Morgan fingerprint density at radius 3 is 2.95 bits per heavy atom. The van der Waals surface area contributed by atoms with Crippen LogP contribution in [-0.4, -0.2) is 40.5 Å². The second-order valence-electron chi connectivity index (χ2n) is 5.95. The maximum Gasteiger partial charge on any atom is 0.199 e. The third kappa shape index (κ3) is 2.40. The molecule has 1 fully saturated rings. The molecule has 1 atom stereocenters. The molecule has 1 unspecified atom stereocenters. The highest BCUT2D eigenvalue weighted by Gasteiger charge is 2.25. The summed E-state index contributed by atoms with van der Waals surface area (Å²) >= 11 is 0. The molecule has 0 aliphatic carbocycles. The van der Waals surface area contributed by atoms with Crippen LogP contribution in [0.2, 0.25) is 0 Å². The lowest BCUT2D eigenvalue weighted by atomic mass is 10.0. The maximum atomic E-state index is 5.46. The van der Waals surface area contributed by atoms with Gasteiger partial charge in [0.15, 0.2) is 5.88 Å². The van der Waals surface area contributed by atoms with Crippen LogP contribution in [-0.2, 0) is 6.42 Å². The molecule has 20 heavy (non-hydrogen) atoms. The number of hydrogen-bond donors (Lipinski definition) is 0. The number of hydrogen-bond acceptors (Lipinski definition) is 3. The lowest BCUT2D eigenvalue weighted by Gasteiger charge is -2.20. The van der Waals surface area contributed by atoms with Crippen molar-refractivity contribution in [3.05, 3.63) is 30.2 Å². The van der Waals surface area contributed by atoms with Crippen molar-refractivity contribution < 1.29 is 4.74 Å². The van der Waals surface area contributed by atoms with E-state index < -0.39 is 0 Å². The largest absolute Gasteiger partial charge is 0.482 e. The van der Waals surface area contributed by atoms with E-state index >= 15 is 0 Å². The summed E-state index contributed by atoms with van der Waals surface area (Å²) in [5.41, 5.74) is 1.11. The summed E-state index contributed by atoms with van der Waals surface area (Å²) in [6.07, 6.45) is 4.23. The first-order valence-corrected chi connectivity index (χ1v) is 7.42. The quantitative estimate of drug-likeness (QED) is 0.857. The monoisotopic (exact) mass is 273 g/mol. The number of imidazole rings is 1. The molecule has 0 bridgehead atoms. The smallest absolute Gasteiger partial charge is 0.199 e. The van der Waals surface area contributed by atoms with Crippen LogP contribution in [0.4, 0.5) is 0 Å². The van der Waals surface area contributed by atoms with E-state index in [1.807, 2.05) is 18.3 Å². The van der Waals surface area contributed by atoms with Crippen LogP contribution in [0.5, 0.6) is 5.88 Å². The molecule has 3 heterocycles. The van der Waals surface area contributed by atoms with Gasteiger partial charge in [0.2, 0.25) is 0 Å². The van der Waals surface area contributed by atoms with Crippen LogP contribution < -0.4 is 4.74 Å². The van der Waals surface area contributed by atoms with Gasteiger partial charge in [-0.3, -0.25) is 4.40 Å². The molecule has 0 N–H and O–H groups in total. The standard InChI is InChI=1S/C16H23N3O/c1-12(2)18-8-7-13(11-18)9-15-17-10-14-5-4-6-16(20-3)19(14)15/h4-6,10,12-13H,7-9,11H2,1-3H3. The first kappa shape index (κ1) is 13.4. The van der Waals surface area contributed by atoms with Crippen molar-refractivity contribution in [3.63, 3.8) is 0 Å². The van der Waals surface area contributed by atoms with Crippen molar-refractivity contribution in [1.29, 1.82) is 0 Å². The van der Waals surface area contributed by atoms with Crippen molar-refractivity contribution in [1.82, 2.24) is 14.3 Å². The molecule has 108 valence electrons. The first-order valence-electron chi connectivity index (χ1n) is 7.42. The number of pyridine rings is 1. The summed E-state index contributed by atoms with van der Waals surface area (Å²) in [7, 11) is 1.72. The average Bonchev–Trinajstić information content (AvgIpc) is 3.06. The number of nitrogens with zero attached hydrogens (tertiary/aromatic N) is 3. The fourth-order valence-electron chi connectivity index (χ4n) is 3.14. The van der Waals surface area contributed by atoms with Crippen LogP contribution in [0.1, 0.15) is 26.1 Å². The van der Waals surface area contributed by atoms with Gasteiger partial charge in [-0.25, -0.2) is 4.98 Å². The minimum Gasteiger partial charge on any atom is -0.482 e. The molecule has 4 heteroatoms. The second-order valence-corrected chi connectivity index (χ2v) is 5.95. The van der Waals surface area contributed by atoms with E-state index in [9.17, 15) is 0 Å². The second kappa shape index (κ2) is 5.44. The van der Waals surface area contributed by atoms with Crippen LogP contribution in [0.25, 0.3) is 5.52 Å². The van der Waals surface area contributed by atoms with Crippen molar-refractivity contribution >= 4 is 5.52 Å². The lowest BCUT2D eigenvalue weighted by molar-refractivity contribution is 0.264. The zero-order valence-corrected chi connectivity index (χ0v) is 12.5. The molecule has 1 aliphatic rings. The SMILES string of the molecule is COc1cccc2cnc(CC3CCN(C(C)C)C3)n12. The van der Waals surface area contributed by atoms with Crippen LogP contribution >= 0.6 is 0 Å². The Hall–Kier alpha value is -1.55. The van der Waals surface area contributed by atoms with Gasteiger partial charge in [-0.1, -0.05) is 6.07 Å². The Balaban J connectivity index is 1.82. The Labute approximate surface area is 120 Å². The number of aromatic nitrogens is 2. The summed E-state index contributed by atoms with van der Waals surface area (Å²) in [6, 6.07) is 6.73. The number of fused-ring (bicyclic) bond motifs is 1. The van der Waals surface area contributed by atoms with Gasteiger partial charge < -0.3 is 9.64 Å². The van der Waals surface area contributed by atoms with Crippen molar-refractivity contribution in [3.8, 4) is 5.88 Å². The third-order valence-electron chi connectivity index (χ3n) is 4.32. The minimum atomic E-state index is 0.645. The predicted octanol–water partition coefficient (Wildman–Crippen LogP) is 2.62. The molecule has 2 aromatic heterocycles. The molecule has 0 amide bonds. The van der Waals surface area contributed by atoms with Gasteiger partial charge in [0, 0.05) is 19.0 Å². The molecule has 3 rings (SSSR count). The molecular formula is C16H23N3O. The lowest BCUT2D eigenvalue weighted by Crippen LogP contribution is -2.28. The van der Waals surface area contributed by atoms with Crippen molar-refractivity contribution in [2.45, 2.75) is 32.7 Å². The first-order chi connectivity index (χ1) is 9.69. The summed E-state index contributed by atoms with van der Waals surface area (Å²) in [4.78, 5) is 7.16. The summed E-state index contributed by atoms with van der Waals surface area (Å²) in [5.74, 6) is 2.69. The highest BCUT2D eigenvalue weighted by molar-refractivity contribution is 5.49. The zero-order chi connectivity index (χ0) is 14.1.